The number of alkyl carbamates (subject to hydrolysis) is 1. The second-order valence-corrected chi connectivity index (χ2v) is 16.3. The monoisotopic (exact) mass is 686 g/mol. The van der Waals surface area contributed by atoms with Crippen LogP contribution in [0.15, 0.2) is 52.4 Å². The summed E-state index contributed by atoms with van der Waals surface area (Å²) in [4.78, 5) is 49.6. The zero-order valence-corrected chi connectivity index (χ0v) is 29.9. The average Bonchev–Trinajstić information content (AvgIpc) is 2.98. The largest absolute Gasteiger partial charge is 0.444 e. The van der Waals surface area contributed by atoms with E-state index in [1.54, 1.807) is 63.5 Å². The average molecular weight is 687 g/mol. The van der Waals surface area contributed by atoms with Crippen molar-refractivity contribution in [2.24, 2.45) is 16.8 Å². The number of nitrogens with one attached hydrogen (secondary N) is 2. The van der Waals surface area contributed by atoms with Crippen LogP contribution in [0, 0.1) is 11.8 Å². The molecule has 264 valence electrons. The fourth-order valence-electron chi connectivity index (χ4n) is 5.67. The van der Waals surface area contributed by atoms with Crippen molar-refractivity contribution in [3.63, 3.8) is 0 Å². The number of rotatable bonds is 5. The maximum absolute atomic E-state index is 13.9. The number of aliphatic imine (C=N–C) groups is 1. The minimum absolute atomic E-state index is 0.0390. The topological polar surface area (TPSA) is 150 Å². The van der Waals surface area contributed by atoms with Gasteiger partial charge in [0.15, 0.2) is 0 Å². The minimum Gasteiger partial charge on any atom is -0.444 e. The van der Waals surface area contributed by atoms with Gasteiger partial charge in [-0.1, -0.05) is 37.3 Å². The summed E-state index contributed by atoms with van der Waals surface area (Å²) in [5.74, 6) is 0.196. The number of hydrogen-bond acceptors (Lipinski definition) is 7. The molecule has 0 aromatic heterocycles. The number of fused-ring (bicyclic) bond motifs is 1. The quantitative estimate of drug-likeness (QED) is 0.231. The van der Waals surface area contributed by atoms with E-state index in [1.807, 2.05) is 24.3 Å². The number of benzene rings is 2. The number of likely N-dealkylation sites (tertiary alicyclic amines) is 2. The number of ether oxygens (including phenoxy) is 2. The van der Waals surface area contributed by atoms with Crippen LogP contribution in [0.1, 0.15) is 74.1 Å². The van der Waals surface area contributed by atoms with E-state index in [1.165, 1.54) is 11.1 Å². The summed E-state index contributed by atoms with van der Waals surface area (Å²) < 4.78 is 38.3. The molecule has 4 rings (SSSR count). The first-order valence-electron chi connectivity index (χ1n) is 16.5. The third kappa shape index (κ3) is 10.8. The summed E-state index contributed by atoms with van der Waals surface area (Å²) in [6, 6.07) is 11.9. The molecule has 48 heavy (non-hydrogen) atoms. The van der Waals surface area contributed by atoms with Gasteiger partial charge in [-0.2, -0.15) is 0 Å². The molecule has 2 aromatic carbocycles. The van der Waals surface area contributed by atoms with Crippen molar-refractivity contribution < 1.29 is 32.3 Å². The summed E-state index contributed by atoms with van der Waals surface area (Å²) in [7, 11) is -4.14. The van der Waals surface area contributed by atoms with Crippen molar-refractivity contribution in [3.8, 4) is 0 Å². The molecule has 0 spiro atoms. The van der Waals surface area contributed by atoms with Gasteiger partial charge in [0.2, 0.25) is 5.96 Å². The van der Waals surface area contributed by atoms with Gasteiger partial charge in [-0.3, -0.25) is 5.32 Å². The number of amides is 4. The minimum atomic E-state index is -4.14. The van der Waals surface area contributed by atoms with Gasteiger partial charge < -0.3 is 19.3 Å². The highest BCUT2D eigenvalue weighted by atomic mass is 32.2. The van der Waals surface area contributed by atoms with Gasteiger partial charge in [0, 0.05) is 32.7 Å². The van der Waals surface area contributed by atoms with Gasteiger partial charge >= 0.3 is 18.2 Å². The molecule has 0 saturated carbocycles. The van der Waals surface area contributed by atoms with Crippen molar-refractivity contribution in [1.29, 1.82) is 0 Å². The van der Waals surface area contributed by atoms with Gasteiger partial charge in [-0.05, 0) is 102 Å². The zero-order valence-electron chi connectivity index (χ0n) is 29.1. The fourth-order valence-corrected chi connectivity index (χ4v) is 6.74. The Kier molecular flexibility index (Phi) is 11.6. The molecule has 2 saturated heterocycles. The first-order valence-corrected chi connectivity index (χ1v) is 18.0. The van der Waals surface area contributed by atoms with Crippen LogP contribution in [0.5, 0.6) is 0 Å². The lowest BCUT2D eigenvalue weighted by Gasteiger charge is -2.39. The molecule has 1 unspecified atom stereocenters. The molecule has 14 heteroatoms. The molecule has 2 heterocycles. The molecule has 4 amide bonds. The Hall–Kier alpha value is -3.91. The van der Waals surface area contributed by atoms with Crippen LogP contribution < -0.4 is 10.1 Å². The van der Waals surface area contributed by atoms with Gasteiger partial charge in [0.05, 0.1) is 4.90 Å². The number of sulfonamides is 1. The van der Waals surface area contributed by atoms with Crippen LogP contribution in [0.4, 0.5) is 14.4 Å². The summed E-state index contributed by atoms with van der Waals surface area (Å²) in [5.41, 5.74) is -1.60. The Balaban J connectivity index is 1.58. The Morgan fingerprint density at radius 2 is 1.54 bits per heavy atom. The van der Waals surface area contributed by atoms with E-state index in [0.29, 0.717) is 38.4 Å². The summed E-state index contributed by atoms with van der Waals surface area (Å²) >= 11 is 0. The second-order valence-electron chi connectivity index (χ2n) is 14.7. The van der Waals surface area contributed by atoms with Crippen LogP contribution in [-0.4, -0.2) is 91.3 Å². The van der Waals surface area contributed by atoms with Crippen molar-refractivity contribution >= 4 is 45.0 Å². The third-order valence-corrected chi connectivity index (χ3v) is 9.34. The molecule has 2 aromatic rings. The molecular weight excluding hydrogens is 636 g/mol. The van der Waals surface area contributed by atoms with E-state index in [4.69, 9.17) is 9.47 Å². The second kappa shape index (κ2) is 15.1. The number of guanidine groups is 1. The van der Waals surface area contributed by atoms with Crippen LogP contribution in [-0.2, 0) is 19.5 Å². The van der Waals surface area contributed by atoms with Crippen LogP contribution in [0.25, 0.3) is 10.8 Å². The van der Waals surface area contributed by atoms with Crippen LogP contribution >= 0.6 is 0 Å². The lowest BCUT2D eigenvalue weighted by molar-refractivity contribution is 0.0550. The Bertz CT molecular complexity index is 1610. The lowest BCUT2D eigenvalue weighted by atomic mass is 9.97. The molecule has 2 aliphatic rings. The van der Waals surface area contributed by atoms with Crippen molar-refractivity contribution in [2.45, 2.75) is 90.2 Å². The Labute approximate surface area is 284 Å². The molecule has 2 N–H and O–H groups in total. The third-order valence-electron chi connectivity index (χ3n) is 8.01. The molecule has 1 atom stereocenters. The molecular formula is C34H50N6O7S. The summed E-state index contributed by atoms with van der Waals surface area (Å²) in [6.45, 7) is 14.3. The van der Waals surface area contributed by atoms with E-state index >= 15 is 0 Å². The van der Waals surface area contributed by atoms with Crippen molar-refractivity contribution in [1.82, 2.24) is 25.0 Å². The zero-order chi connectivity index (χ0) is 35.3. The molecule has 2 fully saturated rings. The van der Waals surface area contributed by atoms with Gasteiger partial charge in [-0.15, -0.1) is 9.82 Å². The number of nitrogens with zero attached hydrogens (tertiary/aromatic N) is 4. The normalized spacial score (nSPS) is 18.4. The smallest absolute Gasteiger partial charge is 0.437 e. The molecule has 0 radical (unpaired) electrons. The molecule has 2 aliphatic heterocycles. The highest BCUT2D eigenvalue weighted by Gasteiger charge is 2.33. The first-order chi connectivity index (χ1) is 22.4. The first kappa shape index (κ1) is 36.9. The molecule has 0 aliphatic carbocycles. The SMILES string of the molecule is CC1CCN(C(=O)N(CC2CCCN(/C(=N\C(=O)OC(C)(C)C)NC(=O)OC(C)(C)C)C2)NS(=O)(=O)c2ccc3ccccc3c2)CC1. The van der Waals surface area contributed by atoms with Crippen LogP contribution in [0.3, 0.4) is 0 Å². The molecule has 0 bridgehead atoms. The maximum Gasteiger partial charge on any atom is 0.437 e. The predicted octanol–water partition coefficient (Wildman–Crippen LogP) is 5.71. The number of hydrogen-bond donors (Lipinski definition) is 2. The van der Waals surface area contributed by atoms with Crippen LogP contribution in [0.2, 0.25) is 0 Å². The van der Waals surface area contributed by atoms with E-state index in [-0.39, 0.29) is 29.9 Å². The number of piperidine rings is 2. The highest BCUT2D eigenvalue weighted by Crippen LogP contribution is 2.23. The fraction of sp³-hybridized carbons (Fsp3) is 0.588. The lowest BCUT2D eigenvalue weighted by Crippen LogP contribution is -2.57. The number of hydrazine groups is 1. The van der Waals surface area contributed by atoms with E-state index in [2.05, 4.69) is 22.1 Å². The highest BCUT2D eigenvalue weighted by molar-refractivity contribution is 7.89. The van der Waals surface area contributed by atoms with Gasteiger partial charge in [-0.25, -0.2) is 27.8 Å². The number of carbonyl (C=O) groups is 3. The Morgan fingerprint density at radius 3 is 2.19 bits per heavy atom. The van der Waals surface area contributed by atoms with Gasteiger partial charge in [0.25, 0.3) is 10.0 Å². The van der Waals surface area contributed by atoms with Crippen molar-refractivity contribution in [2.75, 3.05) is 32.7 Å². The van der Waals surface area contributed by atoms with Crippen molar-refractivity contribution in [3.05, 3.63) is 42.5 Å². The molecule has 13 nitrogen and oxygen atoms in total. The Morgan fingerprint density at radius 1 is 0.896 bits per heavy atom. The van der Waals surface area contributed by atoms with E-state index in [9.17, 15) is 22.8 Å². The standard InChI is InChI=1S/C34H50N6O7S/c1-24-16-19-38(20-17-24)32(43)40(37-48(44,45)28-15-14-26-12-8-9-13-27(26)21-28)23-25-11-10-18-39(22-25)29(35-30(41)46-33(2,3)4)36-31(42)47-34(5,6)7/h8-9,12-15,21,24-25,37H,10-11,16-20,22-23H2,1-7H3,(H,35,36,41,42). The maximum atomic E-state index is 13.9. The number of carbonyl (C=O) groups excluding carboxylic acids is 3. The number of urea groups is 1. The summed E-state index contributed by atoms with van der Waals surface area (Å²) in [6.07, 6.45) is 1.29. The van der Waals surface area contributed by atoms with Gasteiger partial charge in [0.1, 0.15) is 11.2 Å². The summed E-state index contributed by atoms with van der Waals surface area (Å²) in [5, 5.41) is 5.46. The van der Waals surface area contributed by atoms with E-state index < -0.39 is 39.4 Å². The van der Waals surface area contributed by atoms with E-state index in [0.717, 1.165) is 23.6 Å². The predicted molar refractivity (Wildman–Crippen MR) is 184 cm³/mol.